The average molecular weight is 222 g/mol. The first kappa shape index (κ1) is 11.3. The maximum absolute atomic E-state index is 13.0. The summed E-state index contributed by atoms with van der Waals surface area (Å²) in [5, 5.41) is 0. The predicted molar refractivity (Wildman–Crippen MR) is 58.8 cm³/mol. The fourth-order valence-electron chi connectivity index (χ4n) is 1.96. The van der Waals surface area contributed by atoms with Crippen LogP contribution >= 0.6 is 0 Å². The minimum atomic E-state index is -0.291. The summed E-state index contributed by atoms with van der Waals surface area (Å²) in [7, 11) is 0. The van der Waals surface area contributed by atoms with Gasteiger partial charge in [0.25, 0.3) is 0 Å². The van der Waals surface area contributed by atoms with Crippen molar-refractivity contribution >= 4 is 5.78 Å². The molecule has 1 aromatic rings. The van der Waals surface area contributed by atoms with Crippen molar-refractivity contribution in [1.82, 2.24) is 0 Å². The topological polar surface area (TPSA) is 26.3 Å². The maximum Gasteiger partial charge on any atom is 0.165 e. The van der Waals surface area contributed by atoms with Crippen LogP contribution in [0.3, 0.4) is 0 Å². The number of ether oxygens (including phenoxy) is 1. The van der Waals surface area contributed by atoms with Crippen molar-refractivity contribution in [2.75, 3.05) is 6.61 Å². The number of hydrogen-bond acceptors (Lipinski definition) is 2. The van der Waals surface area contributed by atoms with E-state index in [1.54, 1.807) is 6.07 Å². The van der Waals surface area contributed by atoms with Gasteiger partial charge in [-0.05, 0) is 43.0 Å². The van der Waals surface area contributed by atoms with Crippen LogP contribution < -0.4 is 0 Å². The second-order valence-electron chi connectivity index (χ2n) is 4.22. The molecule has 0 saturated carbocycles. The first-order valence-corrected chi connectivity index (χ1v) is 5.56. The van der Waals surface area contributed by atoms with Crippen LogP contribution in [0.15, 0.2) is 18.2 Å². The Morgan fingerprint density at radius 2 is 2.38 bits per heavy atom. The highest BCUT2D eigenvalue weighted by atomic mass is 19.1. The molecule has 16 heavy (non-hydrogen) atoms. The summed E-state index contributed by atoms with van der Waals surface area (Å²) in [6.45, 7) is 2.55. The molecule has 0 bridgehead atoms. The molecule has 86 valence electrons. The molecule has 1 aromatic carbocycles. The van der Waals surface area contributed by atoms with Crippen LogP contribution in [0.2, 0.25) is 0 Å². The van der Waals surface area contributed by atoms with Gasteiger partial charge in [0, 0.05) is 13.0 Å². The molecule has 1 atom stereocenters. The van der Waals surface area contributed by atoms with E-state index in [1.165, 1.54) is 12.1 Å². The molecule has 0 aromatic heterocycles. The highest BCUT2D eigenvalue weighted by Crippen LogP contribution is 2.17. The molecule has 1 saturated heterocycles. The van der Waals surface area contributed by atoms with Gasteiger partial charge in [-0.3, -0.25) is 4.79 Å². The molecule has 0 amide bonds. The number of hydrogen-bond donors (Lipinski definition) is 0. The lowest BCUT2D eigenvalue weighted by molar-refractivity contribution is -0.127. The molecule has 0 spiro atoms. The Labute approximate surface area is 94.4 Å². The molecule has 1 aliphatic heterocycles. The summed E-state index contributed by atoms with van der Waals surface area (Å²) >= 11 is 0. The van der Waals surface area contributed by atoms with Crippen LogP contribution in [-0.2, 0) is 16.0 Å². The first-order valence-electron chi connectivity index (χ1n) is 5.56. The highest BCUT2D eigenvalue weighted by Gasteiger charge is 2.23. The smallest absolute Gasteiger partial charge is 0.165 e. The second-order valence-corrected chi connectivity index (χ2v) is 4.22. The Morgan fingerprint density at radius 1 is 1.56 bits per heavy atom. The van der Waals surface area contributed by atoms with E-state index in [4.69, 9.17) is 4.74 Å². The molecule has 2 nitrogen and oxygen atoms in total. The number of halogens is 1. The third-order valence-electron chi connectivity index (χ3n) is 2.96. The number of Topliss-reactive ketones (excluding diaryl/α,β-unsaturated/α-hetero) is 1. The molecule has 1 heterocycles. The molecular formula is C13H15FO2. The predicted octanol–water partition coefficient (Wildman–Crippen LogP) is 2.42. The normalized spacial score (nSPS) is 20.0. The Bertz CT molecular complexity index is 395. The van der Waals surface area contributed by atoms with Crippen molar-refractivity contribution in [3.8, 4) is 0 Å². The van der Waals surface area contributed by atoms with Gasteiger partial charge in [-0.2, -0.15) is 0 Å². The fraction of sp³-hybridized carbons (Fsp3) is 0.462. The van der Waals surface area contributed by atoms with Crippen molar-refractivity contribution in [2.45, 2.75) is 32.3 Å². The zero-order valence-electron chi connectivity index (χ0n) is 9.33. The molecule has 0 aliphatic carbocycles. The van der Waals surface area contributed by atoms with Crippen LogP contribution in [-0.4, -0.2) is 18.5 Å². The summed E-state index contributed by atoms with van der Waals surface area (Å²) in [6, 6.07) is 4.55. The van der Waals surface area contributed by atoms with E-state index in [0.717, 1.165) is 24.0 Å². The lowest BCUT2D eigenvalue weighted by atomic mass is 10.00. The van der Waals surface area contributed by atoms with Crippen LogP contribution in [0.5, 0.6) is 0 Å². The summed E-state index contributed by atoms with van der Waals surface area (Å²) in [4.78, 5) is 11.8. The zero-order chi connectivity index (χ0) is 11.5. The lowest BCUT2D eigenvalue weighted by Gasteiger charge is -2.09. The lowest BCUT2D eigenvalue weighted by Crippen LogP contribution is -2.21. The monoisotopic (exact) mass is 222 g/mol. The summed E-state index contributed by atoms with van der Waals surface area (Å²) in [5.41, 5.74) is 1.72. The second kappa shape index (κ2) is 4.74. The zero-order valence-corrected chi connectivity index (χ0v) is 9.33. The minimum absolute atomic E-state index is 0.0613. The number of benzene rings is 1. The van der Waals surface area contributed by atoms with E-state index in [1.807, 2.05) is 6.92 Å². The maximum atomic E-state index is 13.0. The van der Waals surface area contributed by atoms with E-state index in [0.29, 0.717) is 6.61 Å². The van der Waals surface area contributed by atoms with Gasteiger partial charge >= 0.3 is 0 Å². The van der Waals surface area contributed by atoms with E-state index < -0.39 is 0 Å². The van der Waals surface area contributed by atoms with Gasteiger partial charge in [-0.15, -0.1) is 0 Å². The number of aryl methyl sites for hydroxylation is 1. The van der Waals surface area contributed by atoms with Crippen LogP contribution in [0.25, 0.3) is 0 Å². The van der Waals surface area contributed by atoms with E-state index in [-0.39, 0.29) is 24.1 Å². The standard InChI is InChI=1S/C13H15FO2/c1-9-4-5-11(14)7-10(9)8-12(15)13-3-2-6-16-13/h4-5,7,13H,2-3,6,8H2,1H3. The number of carbonyl (C=O) groups is 1. The number of ketones is 1. The van der Waals surface area contributed by atoms with Crippen LogP contribution in [0, 0.1) is 12.7 Å². The molecule has 1 aliphatic rings. The van der Waals surface area contributed by atoms with Gasteiger partial charge in [0.05, 0.1) is 0 Å². The Kier molecular flexibility index (Phi) is 3.34. The molecule has 2 rings (SSSR count). The van der Waals surface area contributed by atoms with Crippen molar-refractivity contribution in [3.05, 3.63) is 35.1 Å². The Morgan fingerprint density at radius 3 is 3.06 bits per heavy atom. The Hall–Kier alpha value is -1.22. The third-order valence-corrected chi connectivity index (χ3v) is 2.96. The van der Waals surface area contributed by atoms with Gasteiger partial charge in [0.2, 0.25) is 0 Å². The largest absolute Gasteiger partial charge is 0.370 e. The molecule has 1 unspecified atom stereocenters. The van der Waals surface area contributed by atoms with E-state index >= 15 is 0 Å². The summed E-state index contributed by atoms with van der Waals surface area (Å²) < 4.78 is 18.3. The molecule has 0 radical (unpaired) electrons. The molecule has 1 fully saturated rings. The van der Waals surface area contributed by atoms with E-state index in [9.17, 15) is 9.18 Å². The van der Waals surface area contributed by atoms with Crippen molar-refractivity contribution in [3.63, 3.8) is 0 Å². The van der Waals surface area contributed by atoms with Gasteiger partial charge in [-0.1, -0.05) is 6.07 Å². The fourth-order valence-corrected chi connectivity index (χ4v) is 1.96. The van der Waals surface area contributed by atoms with Crippen LogP contribution in [0.4, 0.5) is 4.39 Å². The summed E-state index contributed by atoms with van der Waals surface area (Å²) in [5.74, 6) is -0.230. The van der Waals surface area contributed by atoms with Gasteiger partial charge in [0.15, 0.2) is 5.78 Å². The minimum Gasteiger partial charge on any atom is -0.370 e. The van der Waals surface area contributed by atoms with Crippen molar-refractivity contribution < 1.29 is 13.9 Å². The van der Waals surface area contributed by atoms with Gasteiger partial charge < -0.3 is 4.74 Å². The SMILES string of the molecule is Cc1ccc(F)cc1CC(=O)C1CCCO1. The number of rotatable bonds is 3. The van der Waals surface area contributed by atoms with E-state index in [2.05, 4.69) is 0 Å². The van der Waals surface area contributed by atoms with Crippen molar-refractivity contribution in [2.24, 2.45) is 0 Å². The van der Waals surface area contributed by atoms with Crippen LogP contribution in [0.1, 0.15) is 24.0 Å². The molecule has 3 heteroatoms. The molecule has 0 N–H and O–H groups in total. The first-order chi connectivity index (χ1) is 7.66. The Balaban J connectivity index is 2.07. The summed E-state index contributed by atoms with van der Waals surface area (Å²) in [6.07, 6.45) is 1.74. The average Bonchev–Trinajstić information content (AvgIpc) is 2.76. The number of carbonyl (C=O) groups excluding carboxylic acids is 1. The van der Waals surface area contributed by atoms with Gasteiger partial charge in [-0.25, -0.2) is 4.39 Å². The third kappa shape index (κ3) is 2.47. The highest BCUT2D eigenvalue weighted by molar-refractivity contribution is 5.85. The van der Waals surface area contributed by atoms with Crippen molar-refractivity contribution in [1.29, 1.82) is 0 Å². The quantitative estimate of drug-likeness (QED) is 0.785. The molecular weight excluding hydrogens is 207 g/mol. The van der Waals surface area contributed by atoms with Gasteiger partial charge in [0.1, 0.15) is 11.9 Å².